The van der Waals surface area contributed by atoms with Crippen LogP contribution in [-0.4, -0.2) is 17.3 Å². The van der Waals surface area contributed by atoms with Crippen LogP contribution in [0.3, 0.4) is 0 Å². The summed E-state index contributed by atoms with van der Waals surface area (Å²) in [7, 11) is 0. The molecule has 0 aliphatic heterocycles. The molecule has 0 saturated heterocycles. The minimum atomic E-state index is 0.0338. The number of hydrogen-bond donors (Lipinski definition) is 2. The van der Waals surface area contributed by atoms with E-state index in [1.807, 2.05) is 0 Å². The Morgan fingerprint density at radius 2 is 2.00 bits per heavy atom. The van der Waals surface area contributed by atoms with Crippen molar-refractivity contribution in [2.75, 3.05) is 6.61 Å². The Morgan fingerprint density at radius 3 is 2.53 bits per heavy atom. The Labute approximate surface area is 105 Å². The molecular formula is C15H25NO. The van der Waals surface area contributed by atoms with E-state index in [1.165, 1.54) is 16.7 Å². The summed E-state index contributed by atoms with van der Waals surface area (Å²) in [4.78, 5) is 0. The lowest BCUT2D eigenvalue weighted by molar-refractivity contribution is 0.214. The van der Waals surface area contributed by atoms with Gasteiger partial charge in [0.1, 0.15) is 0 Å². The average Bonchev–Trinajstić information content (AvgIpc) is 2.28. The van der Waals surface area contributed by atoms with E-state index in [0.717, 1.165) is 19.4 Å². The van der Waals surface area contributed by atoms with Gasteiger partial charge in [-0.05, 0) is 44.7 Å². The van der Waals surface area contributed by atoms with Crippen molar-refractivity contribution in [2.24, 2.45) is 0 Å². The first-order valence-corrected chi connectivity index (χ1v) is 6.43. The molecule has 1 aromatic carbocycles. The van der Waals surface area contributed by atoms with E-state index in [1.54, 1.807) is 0 Å². The van der Waals surface area contributed by atoms with Crippen LogP contribution >= 0.6 is 0 Å². The van der Waals surface area contributed by atoms with Gasteiger partial charge in [0, 0.05) is 18.7 Å². The summed E-state index contributed by atoms with van der Waals surface area (Å²) in [6.45, 7) is 9.71. The van der Waals surface area contributed by atoms with Gasteiger partial charge in [-0.1, -0.05) is 30.7 Å². The molecule has 0 spiro atoms. The van der Waals surface area contributed by atoms with Gasteiger partial charge in [-0.25, -0.2) is 0 Å². The smallest absolute Gasteiger partial charge is 0.0448 e. The maximum atomic E-state index is 9.08. The van der Waals surface area contributed by atoms with Crippen molar-refractivity contribution in [3.05, 3.63) is 34.9 Å². The van der Waals surface area contributed by atoms with Gasteiger partial charge in [0.05, 0.1) is 0 Å². The highest BCUT2D eigenvalue weighted by molar-refractivity contribution is 5.30. The molecule has 0 amide bonds. The number of aliphatic hydroxyl groups excluding tert-OH is 1. The van der Waals surface area contributed by atoms with E-state index in [-0.39, 0.29) is 12.1 Å². The average molecular weight is 235 g/mol. The van der Waals surface area contributed by atoms with Crippen molar-refractivity contribution < 1.29 is 5.11 Å². The third kappa shape index (κ3) is 4.14. The summed E-state index contributed by atoms with van der Waals surface area (Å²) in [6, 6.07) is 6.55. The Morgan fingerprint density at radius 1 is 1.29 bits per heavy atom. The molecule has 0 radical (unpaired) electrons. The second-order valence-corrected chi connectivity index (χ2v) is 5.17. The first-order valence-electron chi connectivity index (χ1n) is 6.43. The first kappa shape index (κ1) is 14.2. The van der Waals surface area contributed by atoms with Crippen molar-refractivity contribution in [2.45, 2.75) is 52.6 Å². The Kier molecular flexibility index (Phi) is 5.16. The fourth-order valence-electron chi connectivity index (χ4n) is 1.99. The van der Waals surface area contributed by atoms with Crippen molar-refractivity contribution >= 4 is 0 Å². The van der Waals surface area contributed by atoms with E-state index in [2.05, 4.69) is 51.2 Å². The van der Waals surface area contributed by atoms with Gasteiger partial charge in [0.25, 0.3) is 0 Å². The lowest BCUT2D eigenvalue weighted by Gasteiger charge is -2.29. The molecule has 2 N–H and O–H groups in total. The summed E-state index contributed by atoms with van der Waals surface area (Å²) in [5.41, 5.74) is 4.01. The van der Waals surface area contributed by atoms with Crippen LogP contribution in [0, 0.1) is 13.8 Å². The molecule has 0 bridgehead atoms. The van der Waals surface area contributed by atoms with Gasteiger partial charge in [-0.3, -0.25) is 0 Å². The van der Waals surface area contributed by atoms with E-state index in [4.69, 9.17) is 5.11 Å². The number of rotatable bonds is 6. The lowest BCUT2D eigenvalue weighted by Crippen LogP contribution is -2.42. The number of aryl methyl sites for hydroxylation is 2. The van der Waals surface area contributed by atoms with Gasteiger partial charge in [-0.15, -0.1) is 0 Å². The second kappa shape index (κ2) is 6.18. The van der Waals surface area contributed by atoms with Crippen LogP contribution in [0.5, 0.6) is 0 Å². The molecule has 17 heavy (non-hydrogen) atoms. The SMILES string of the molecule is CCC(C)(CCO)NCc1ccc(C)cc1C. The van der Waals surface area contributed by atoms with Crippen LogP contribution in [-0.2, 0) is 6.54 Å². The fourth-order valence-corrected chi connectivity index (χ4v) is 1.99. The zero-order chi connectivity index (χ0) is 12.9. The Bertz CT molecular complexity index is 362. The molecule has 0 aliphatic carbocycles. The molecule has 96 valence electrons. The molecule has 0 fully saturated rings. The largest absolute Gasteiger partial charge is 0.396 e. The van der Waals surface area contributed by atoms with Crippen LogP contribution in [0.4, 0.5) is 0 Å². The highest BCUT2D eigenvalue weighted by Gasteiger charge is 2.20. The van der Waals surface area contributed by atoms with Crippen LogP contribution in [0.1, 0.15) is 43.4 Å². The highest BCUT2D eigenvalue weighted by atomic mass is 16.3. The number of benzene rings is 1. The van der Waals surface area contributed by atoms with Gasteiger partial charge in [0.2, 0.25) is 0 Å². The molecule has 2 nitrogen and oxygen atoms in total. The molecule has 0 aromatic heterocycles. The monoisotopic (exact) mass is 235 g/mol. The molecule has 2 heteroatoms. The molecule has 0 aliphatic rings. The van der Waals surface area contributed by atoms with Gasteiger partial charge in [0.15, 0.2) is 0 Å². The normalized spacial score (nSPS) is 14.6. The predicted molar refractivity (Wildman–Crippen MR) is 73.2 cm³/mol. The summed E-state index contributed by atoms with van der Waals surface area (Å²) in [6.07, 6.45) is 1.83. The van der Waals surface area contributed by atoms with Crippen molar-refractivity contribution in [1.29, 1.82) is 0 Å². The van der Waals surface area contributed by atoms with Gasteiger partial charge < -0.3 is 10.4 Å². The lowest BCUT2D eigenvalue weighted by atomic mass is 9.94. The van der Waals surface area contributed by atoms with Crippen molar-refractivity contribution in [3.8, 4) is 0 Å². The number of hydrogen-bond acceptors (Lipinski definition) is 2. The minimum absolute atomic E-state index is 0.0338. The highest BCUT2D eigenvalue weighted by Crippen LogP contribution is 2.16. The number of aliphatic hydroxyl groups is 1. The van der Waals surface area contributed by atoms with E-state index in [9.17, 15) is 0 Å². The van der Waals surface area contributed by atoms with E-state index < -0.39 is 0 Å². The summed E-state index contributed by atoms with van der Waals surface area (Å²) >= 11 is 0. The summed E-state index contributed by atoms with van der Waals surface area (Å²) in [5.74, 6) is 0. The summed E-state index contributed by atoms with van der Waals surface area (Å²) < 4.78 is 0. The number of nitrogens with one attached hydrogen (secondary N) is 1. The zero-order valence-electron chi connectivity index (χ0n) is 11.5. The second-order valence-electron chi connectivity index (χ2n) is 5.17. The first-order chi connectivity index (χ1) is 8.00. The van der Waals surface area contributed by atoms with Crippen molar-refractivity contribution in [1.82, 2.24) is 5.32 Å². The maximum absolute atomic E-state index is 9.08. The zero-order valence-corrected chi connectivity index (χ0v) is 11.5. The van der Waals surface area contributed by atoms with Crippen LogP contribution in [0.25, 0.3) is 0 Å². The minimum Gasteiger partial charge on any atom is -0.396 e. The third-order valence-electron chi connectivity index (χ3n) is 3.65. The Balaban J connectivity index is 2.65. The van der Waals surface area contributed by atoms with E-state index >= 15 is 0 Å². The fraction of sp³-hybridized carbons (Fsp3) is 0.600. The van der Waals surface area contributed by atoms with Crippen LogP contribution in [0.2, 0.25) is 0 Å². The van der Waals surface area contributed by atoms with Gasteiger partial charge >= 0.3 is 0 Å². The molecule has 0 saturated carbocycles. The summed E-state index contributed by atoms with van der Waals surface area (Å²) in [5, 5.41) is 12.6. The quantitative estimate of drug-likeness (QED) is 0.794. The Hall–Kier alpha value is -0.860. The topological polar surface area (TPSA) is 32.3 Å². The maximum Gasteiger partial charge on any atom is 0.0448 e. The molecular weight excluding hydrogens is 210 g/mol. The predicted octanol–water partition coefficient (Wildman–Crippen LogP) is 2.94. The van der Waals surface area contributed by atoms with Gasteiger partial charge in [-0.2, -0.15) is 0 Å². The van der Waals surface area contributed by atoms with Crippen LogP contribution < -0.4 is 5.32 Å². The molecule has 0 heterocycles. The van der Waals surface area contributed by atoms with Crippen molar-refractivity contribution in [3.63, 3.8) is 0 Å². The molecule has 1 rings (SSSR count). The third-order valence-corrected chi connectivity index (χ3v) is 3.65. The molecule has 1 unspecified atom stereocenters. The molecule has 1 atom stereocenters. The van der Waals surface area contributed by atoms with Crippen LogP contribution in [0.15, 0.2) is 18.2 Å². The molecule has 1 aromatic rings. The van der Waals surface area contributed by atoms with E-state index in [0.29, 0.717) is 0 Å². The standard InChI is InChI=1S/C15H25NO/c1-5-15(4,8-9-17)16-11-14-7-6-12(2)10-13(14)3/h6-7,10,16-17H,5,8-9,11H2,1-4H3.